The van der Waals surface area contributed by atoms with Gasteiger partial charge in [-0.05, 0) is 16.8 Å². The van der Waals surface area contributed by atoms with Crippen LogP contribution in [0.1, 0.15) is 25.6 Å². The Hall–Kier alpha value is -1.99. The molecule has 0 saturated carbocycles. The minimum Gasteiger partial charge on any atom is -0.481 e. The predicted molar refractivity (Wildman–Crippen MR) is 57.1 cm³/mol. The van der Waals surface area contributed by atoms with Gasteiger partial charge in [0.05, 0.1) is 6.42 Å². The first-order chi connectivity index (χ1) is 8.13. The van der Waals surface area contributed by atoms with E-state index in [1.807, 2.05) is 6.92 Å². The highest BCUT2D eigenvalue weighted by molar-refractivity contribution is 5.75. The Morgan fingerprint density at radius 3 is 2.88 bits per heavy atom. The van der Waals surface area contributed by atoms with E-state index >= 15 is 0 Å². The highest BCUT2D eigenvalue weighted by Gasteiger charge is 2.11. The number of carboxylic acids is 1. The minimum absolute atomic E-state index is 0.0158. The van der Waals surface area contributed by atoms with Crippen molar-refractivity contribution in [2.24, 2.45) is 0 Å². The number of hydrogen-bond donors (Lipinski definition) is 2. The van der Waals surface area contributed by atoms with Crippen LogP contribution in [0.2, 0.25) is 0 Å². The van der Waals surface area contributed by atoms with E-state index in [1.165, 1.54) is 4.68 Å². The molecule has 0 radical (unpaired) electrons. The molecule has 1 aromatic heterocycles. The first-order valence-electron chi connectivity index (χ1n) is 5.37. The van der Waals surface area contributed by atoms with Crippen LogP contribution in [0.15, 0.2) is 0 Å². The van der Waals surface area contributed by atoms with E-state index < -0.39 is 5.97 Å². The number of carboxylic acid groups (broad SMARTS) is 1. The number of rotatable bonds is 7. The molecule has 0 aliphatic rings. The van der Waals surface area contributed by atoms with E-state index in [9.17, 15) is 9.59 Å². The molecule has 8 nitrogen and oxygen atoms in total. The van der Waals surface area contributed by atoms with Crippen LogP contribution in [0.5, 0.6) is 0 Å². The van der Waals surface area contributed by atoms with Gasteiger partial charge in [-0.2, -0.15) is 0 Å². The molecule has 94 valence electrons. The molecule has 17 heavy (non-hydrogen) atoms. The third-order valence-electron chi connectivity index (χ3n) is 2.03. The molecule has 0 aromatic carbocycles. The number of aromatic nitrogens is 4. The number of aryl methyl sites for hydroxylation is 1. The average Bonchev–Trinajstić information content (AvgIpc) is 2.71. The zero-order valence-corrected chi connectivity index (χ0v) is 9.59. The van der Waals surface area contributed by atoms with Gasteiger partial charge < -0.3 is 10.4 Å². The second kappa shape index (κ2) is 6.56. The van der Waals surface area contributed by atoms with Gasteiger partial charge in [0.2, 0.25) is 5.91 Å². The lowest BCUT2D eigenvalue weighted by atomic mass is 10.3. The van der Waals surface area contributed by atoms with Crippen molar-refractivity contribution < 1.29 is 14.7 Å². The quantitative estimate of drug-likeness (QED) is 0.647. The highest BCUT2D eigenvalue weighted by atomic mass is 16.4. The number of nitrogens with one attached hydrogen (secondary N) is 1. The molecule has 2 N–H and O–H groups in total. The SMILES string of the molecule is CCCNC(=O)Cn1nnnc1CCC(=O)O. The summed E-state index contributed by atoms with van der Waals surface area (Å²) >= 11 is 0. The molecule has 1 amide bonds. The third kappa shape index (κ3) is 4.58. The Labute approximate surface area is 98.0 Å². The number of carbonyl (C=O) groups excluding carboxylic acids is 1. The van der Waals surface area contributed by atoms with Crippen molar-refractivity contribution in [2.75, 3.05) is 6.54 Å². The smallest absolute Gasteiger partial charge is 0.303 e. The summed E-state index contributed by atoms with van der Waals surface area (Å²) in [6.07, 6.45) is 1.01. The van der Waals surface area contributed by atoms with Crippen LogP contribution in [-0.4, -0.2) is 43.7 Å². The summed E-state index contributed by atoms with van der Waals surface area (Å²) in [5, 5.41) is 22.0. The van der Waals surface area contributed by atoms with Crippen LogP contribution in [0.4, 0.5) is 0 Å². The largest absolute Gasteiger partial charge is 0.481 e. The number of aliphatic carboxylic acids is 1. The van der Waals surface area contributed by atoms with Crippen molar-refractivity contribution in [3.05, 3.63) is 5.82 Å². The van der Waals surface area contributed by atoms with Gasteiger partial charge in [0.15, 0.2) is 5.82 Å². The van der Waals surface area contributed by atoms with E-state index in [2.05, 4.69) is 20.8 Å². The fraction of sp³-hybridized carbons (Fsp3) is 0.667. The standard InChI is InChI=1S/C9H15N5O3/c1-2-5-10-8(15)6-14-7(11-12-13-14)3-4-9(16)17/h2-6H2,1H3,(H,10,15)(H,16,17). The zero-order valence-electron chi connectivity index (χ0n) is 9.59. The Morgan fingerprint density at radius 2 is 2.24 bits per heavy atom. The molecule has 8 heteroatoms. The topological polar surface area (TPSA) is 110 Å². The van der Waals surface area contributed by atoms with Crippen molar-refractivity contribution in [1.29, 1.82) is 0 Å². The van der Waals surface area contributed by atoms with Crippen LogP contribution in [-0.2, 0) is 22.6 Å². The lowest BCUT2D eigenvalue weighted by Gasteiger charge is -2.04. The molecule has 0 aliphatic heterocycles. The molecular formula is C9H15N5O3. The maximum Gasteiger partial charge on any atom is 0.303 e. The predicted octanol–water partition coefficient (Wildman–Crippen LogP) is -0.783. The van der Waals surface area contributed by atoms with Gasteiger partial charge in [-0.1, -0.05) is 6.92 Å². The first-order valence-corrected chi connectivity index (χ1v) is 5.37. The molecule has 0 bridgehead atoms. The molecule has 1 rings (SSSR count). The summed E-state index contributed by atoms with van der Waals surface area (Å²) in [5.74, 6) is -0.704. The first kappa shape index (κ1) is 13.1. The van der Waals surface area contributed by atoms with E-state index in [0.717, 1.165) is 6.42 Å². The Bertz CT molecular complexity index is 390. The number of carbonyl (C=O) groups is 2. The van der Waals surface area contributed by atoms with Crippen molar-refractivity contribution in [1.82, 2.24) is 25.5 Å². The van der Waals surface area contributed by atoms with Crippen molar-refractivity contribution in [3.8, 4) is 0 Å². The maximum absolute atomic E-state index is 11.4. The summed E-state index contributed by atoms with van der Waals surface area (Å²) in [6.45, 7) is 2.57. The molecule has 1 aromatic rings. The Kier molecular flexibility index (Phi) is 5.05. The van der Waals surface area contributed by atoms with Gasteiger partial charge in [0, 0.05) is 13.0 Å². The third-order valence-corrected chi connectivity index (χ3v) is 2.03. The van der Waals surface area contributed by atoms with Crippen molar-refractivity contribution >= 4 is 11.9 Å². The number of amides is 1. The number of tetrazole rings is 1. The van der Waals surface area contributed by atoms with Crippen LogP contribution in [0.25, 0.3) is 0 Å². The summed E-state index contributed by atoms with van der Waals surface area (Å²) in [6, 6.07) is 0. The normalized spacial score (nSPS) is 10.2. The van der Waals surface area contributed by atoms with Gasteiger partial charge in [0.1, 0.15) is 6.54 Å². The molecule has 0 aliphatic carbocycles. The highest BCUT2D eigenvalue weighted by Crippen LogP contribution is 1.97. The lowest BCUT2D eigenvalue weighted by molar-refractivity contribution is -0.137. The van der Waals surface area contributed by atoms with Crippen molar-refractivity contribution in [3.63, 3.8) is 0 Å². The molecule has 0 fully saturated rings. The fourth-order valence-corrected chi connectivity index (χ4v) is 1.20. The molecule has 0 saturated heterocycles. The minimum atomic E-state index is -0.921. The average molecular weight is 241 g/mol. The summed E-state index contributed by atoms with van der Waals surface area (Å²) in [4.78, 5) is 21.8. The second-order valence-electron chi connectivity index (χ2n) is 3.50. The molecule has 0 unspecified atom stereocenters. The molecule has 0 atom stereocenters. The molecule has 1 heterocycles. The summed E-state index contributed by atoms with van der Waals surface area (Å²) < 4.78 is 1.31. The van der Waals surface area contributed by atoms with Gasteiger partial charge in [-0.15, -0.1) is 5.10 Å². The molecular weight excluding hydrogens is 226 g/mol. The van der Waals surface area contributed by atoms with Gasteiger partial charge in [-0.25, -0.2) is 4.68 Å². The van der Waals surface area contributed by atoms with E-state index in [1.54, 1.807) is 0 Å². The fourth-order valence-electron chi connectivity index (χ4n) is 1.20. The Balaban J connectivity index is 2.50. The monoisotopic (exact) mass is 241 g/mol. The van der Waals surface area contributed by atoms with Crippen LogP contribution in [0, 0.1) is 0 Å². The van der Waals surface area contributed by atoms with E-state index in [-0.39, 0.29) is 25.3 Å². The van der Waals surface area contributed by atoms with Gasteiger partial charge in [-0.3, -0.25) is 9.59 Å². The van der Waals surface area contributed by atoms with Crippen LogP contribution in [0.3, 0.4) is 0 Å². The number of hydrogen-bond acceptors (Lipinski definition) is 5. The Morgan fingerprint density at radius 1 is 1.47 bits per heavy atom. The van der Waals surface area contributed by atoms with Crippen molar-refractivity contribution in [2.45, 2.75) is 32.7 Å². The maximum atomic E-state index is 11.4. The van der Waals surface area contributed by atoms with Gasteiger partial charge in [0.25, 0.3) is 0 Å². The number of nitrogens with zero attached hydrogens (tertiary/aromatic N) is 4. The van der Waals surface area contributed by atoms with Crippen LogP contribution >= 0.6 is 0 Å². The second-order valence-corrected chi connectivity index (χ2v) is 3.50. The van der Waals surface area contributed by atoms with Gasteiger partial charge >= 0.3 is 5.97 Å². The molecule has 0 spiro atoms. The zero-order chi connectivity index (χ0) is 12.7. The lowest BCUT2D eigenvalue weighted by Crippen LogP contribution is -2.29. The van der Waals surface area contributed by atoms with Crippen LogP contribution < -0.4 is 5.32 Å². The summed E-state index contributed by atoms with van der Waals surface area (Å²) in [7, 11) is 0. The van der Waals surface area contributed by atoms with E-state index in [4.69, 9.17) is 5.11 Å². The summed E-state index contributed by atoms with van der Waals surface area (Å²) in [5.41, 5.74) is 0. The van der Waals surface area contributed by atoms with E-state index in [0.29, 0.717) is 12.4 Å².